The molecule has 0 aliphatic heterocycles. The van der Waals surface area contributed by atoms with Gasteiger partial charge in [-0.25, -0.2) is 0 Å². The minimum absolute atomic E-state index is 1.65. The zero-order chi connectivity index (χ0) is 4.83. The van der Waals surface area contributed by atoms with Crippen molar-refractivity contribution in [2.24, 2.45) is 0 Å². The molecule has 1 radical (unpaired) electrons. The first kappa shape index (κ1) is 5.26. The molecule has 0 spiro atoms. The number of hydrogen-bond donors (Lipinski definition) is 0. The molecule has 0 aromatic carbocycles. The second-order valence-corrected chi connectivity index (χ2v) is 0.859. The highest BCUT2D eigenvalue weighted by atomic mass is 13.5. The third-order valence-electron chi connectivity index (χ3n) is 0.385. The molecule has 0 aromatic heterocycles. The van der Waals surface area contributed by atoms with Gasteiger partial charge in [0, 0.05) is 0 Å². The van der Waals surface area contributed by atoms with Crippen LogP contribution in [0.4, 0.5) is 0 Å². The Labute approximate surface area is 38.5 Å². The summed E-state index contributed by atoms with van der Waals surface area (Å²) in [6.45, 7) is 6.78. The molecule has 0 aliphatic carbocycles. The summed E-state index contributed by atoms with van der Waals surface area (Å²) in [6.07, 6.45) is 5.36. The summed E-state index contributed by atoms with van der Waals surface area (Å²) in [5, 5.41) is 0. The van der Waals surface area contributed by atoms with E-state index in [-0.39, 0.29) is 0 Å². The maximum absolute atomic E-state index is 4.86. The van der Waals surface area contributed by atoms with Gasteiger partial charge < -0.3 is 0 Å². The molecule has 0 N–H and O–H groups in total. The van der Waals surface area contributed by atoms with Crippen LogP contribution in [-0.2, 0) is 0 Å². The quantitative estimate of drug-likeness (QED) is 0.331. The zero-order valence-corrected chi connectivity index (χ0v) is 3.81. The lowest BCUT2D eigenvalue weighted by Gasteiger charge is -1.57. The van der Waals surface area contributed by atoms with Gasteiger partial charge in [-0.1, -0.05) is 12.2 Å². The highest BCUT2D eigenvalue weighted by molar-refractivity contribution is 4.97. The molecule has 0 amide bonds. The van der Waals surface area contributed by atoms with Crippen LogP contribution in [0.25, 0.3) is 0 Å². The average molecular weight is 79.1 g/mol. The Kier molecular flexibility index (Phi) is 3.73. The maximum Gasteiger partial charge on any atom is -0.0123 e. The SMILES string of the molecule is [CH]=C=CC=CC. The fourth-order valence-corrected chi connectivity index (χ4v) is 0.152. The first-order chi connectivity index (χ1) is 2.91. The van der Waals surface area contributed by atoms with Gasteiger partial charge in [0.05, 0.1) is 0 Å². The van der Waals surface area contributed by atoms with Gasteiger partial charge in [0.2, 0.25) is 0 Å². The Bertz CT molecular complexity index is 82.2. The second-order valence-electron chi connectivity index (χ2n) is 0.859. The first-order valence-electron chi connectivity index (χ1n) is 1.82. The first-order valence-corrected chi connectivity index (χ1v) is 1.82. The van der Waals surface area contributed by atoms with Crippen LogP contribution in [0.5, 0.6) is 0 Å². The van der Waals surface area contributed by atoms with Crippen molar-refractivity contribution in [3.05, 3.63) is 30.5 Å². The highest BCUT2D eigenvalue weighted by Crippen LogP contribution is 1.67. The van der Waals surface area contributed by atoms with Crippen molar-refractivity contribution in [3.63, 3.8) is 0 Å². The highest BCUT2D eigenvalue weighted by Gasteiger charge is 1.45. The fraction of sp³-hybridized carbons (Fsp3) is 0.167. The van der Waals surface area contributed by atoms with Crippen molar-refractivity contribution in [1.29, 1.82) is 0 Å². The Morgan fingerprint density at radius 2 is 2.33 bits per heavy atom. The van der Waals surface area contributed by atoms with Crippen LogP contribution in [0.1, 0.15) is 6.92 Å². The summed E-state index contributed by atoms with van der Waals surface area (Å²) in [7, 11) is 0. The topological polar surface area (TPSA) is 0 Å². The molecule has 0 heterocycles. The number of hydrogen-bond acceptors (Lipinski definition) is 0. The van der Waals surface area contributed by atoms with Crippen molar-refractivity contribution < 1.29 is 0 Å². The van der Waals surface area contributed by atoms with Crippen LogP contribution in [0.2, 0.25) is 0 Å². The van der Waals surface area contributed by atoms with E-state index in [9.17, 15) is 0 Å². The normalized spacial score (nSPS) is 8.17. The Morgan fingerprint density at radius 3 is 2.50 bits per heavy atom. The van der Waals surface area contributed by atoms with Crippen molar-refractivity contribution in [1.82, 2.24) is 0 Å². The summed E-state index contributed by atoms with van der Waals surface area (Å²) < 4.78 is 0. The lowest BCUT2D eigenvalue weighted by atomic mass is 10.5. The third-order valence-corrected chi connectivity index (χ3v) is 0.385. The molecule has 6 heavy (non-hydrogen) atoms. The Morgan fingerprint density at radius 1 is 1.67 bits per heavy atom. The van der Waals surface area contributed by atoms with E-state index in [4.69, 9.17) is 6.58 Å². The molecule has 0 atom stereocenters. The monoisotopic (exact) mass is 79.1 g/mol. The van der Waals surface area contributed by atoms with E-state index in [1.165, 1.54) is 0 Å². The van der Waals surface area contributed by atoms with Crippen LogP contribution in [0.3, 0.4) is 0 Å². The maximum atomic E-state index is 4.86. The smallest absolute Gasteiger partial charge is 0.0123 e. The van der Waals surface area contributed by atoms with Gasteiger partial charge >= 0.3 is 0 Å². The van der Waals surface area contributed by atoms with Crippen LogP contribution in [0.15, 0.2) is 24.0 Å². The fourth-order valence-electron chi connectivity index (χ4n) is 0.152. The van der Waals surface area contributed by atoms with Crippen molar-refractivity contribution in [2.45, 2.75) is 6.92 Å². The molecule has 0 saturated carbocycles. The van der Waals surface area contributed by atoms with Crippen LogP contribution in [0, 0.1) is 6.58 Å². The van der Waals surface area contributed by atoms with Crippen molar-refractivity contribution in [2.75, 3.05) is 0 Å². The Hall–Kier alpha value is -0.740. The van der Waals surface area contributed by atoms with Crippen LogP contribution >= 0.6 is 0 Å². The lowest BCUT2D eigenvalue weighted by Crippen LogP contribution is -1.36. The van der Waals surface area contributed by atoms with Gasteiger partial charge in [-0.05, 0) is 19.6 Å². The summed E-state index contributed by atoms with van der Waals surface area (Å²) in [5.41, 5.74) is 2.36. The largest absolute Gasteiger partial charge is 0.120 e. The van der Waals surface area contributed by atoms with Gasteiger partial charge in [-0.2, -0.15) is 0 Å². The molecular weight excluding hydrogens is 72.1 g/mol. The number of rotatable bonds is 1. The second kappa shape index (κ2) is 4.26. The minimum atomic E-state index is 1.65. The van der Waals surface area contributed by atoms with E-state index in [0.717, 1.165) is 0 Å². The molecule has 0 bridgehead atoms. The van der Waals surface area contributed by atoms with Crippen molar-refractivity contribution >= 4 is 0 Å². The average Bonchev–Trinajstić information content (AvgIpc) is 1.61. The lowest BCUT2D eigenvalue weighted by molar-refractivity contribution is 1.74. The number of allylic oxidation sites excluding steroid dienone is 3. The van der Waals surface area contributed by atoms with E-state index in [0.29, 0.717) is 0 Å². The standard InChI is InChI=1S/C6H7/c1-3-5-6-4-2/h1,4-6H,2H3. The van der Waals surface area contributed by atoms with Crippen LogP contribution in [-0.4, -0.2) is 0 Å². The van der Waals surface area contributed by atoms with Gasteiger partial charge in [-0.3, -0.25) is 0 Å². The van der Waals surface area contributed by atoms with E-state index < -0.39 is 0 Å². The third kappa shape index (κ3) is 3.26. The van der Waals surface area contributed by atoms with Gasteiger partial charge in [0.25, 0.3) is 0 Å². The van der Waals surface area contributed by atoms with Crippen LogP contribution < -0.4 is 0 Å². The molecule has 0 fully saturated rings. The van der Waals surface area contributed by atoms with Gasteiger partial charge in [0.1, 0.15) is 0 Å². The molecule has 0 heteroatoms. The van der Waals surface area contributed by atoms with Gasteiger partial charge in [-0.15, -0.1) is 5.73 Å². The molecule has 0 aliphatic rings. The van der Waals surface area contributed by atoms with E-state index >= 15 is 0 Å². The predicted octanol–water partition coefficient (Wildman–Crippen LogP) is 1.71. The summed E-state index contributed by atoms with van der Waals surface area (Å²) in [5.74, 6) is 0. The molecule has 0 saturated heterocycles. The van der Waals surface area contributed by atoms with E-state index in [2.05, 4.69) is 5.73 Å². The van der Waals surface area contributed by atoms with E-state index in [1.807, 2.05) is 19.1 Å². The van der Waals surface area contributed by atoms with E-state index in [1.54, 1.807) is 6.08 Å². The molecule has 0 nitrogen and oxygen atoms in total. The molecule has 0 aromatic rings. The summed E-state index contributed by atoms with van der Waals surface area (Å²) in [4.78, 5) is 0. The molecular formula is C6H7. The molecule has 0 rings (SSSR count). The van der Waals surface area contributed by atoms with Crippen molar-refractivity contribution in [3.8, 4) is 0 Å². The summed E-state index contributed by atoms with van der Waals surface area (Å²) >= 11 is 0. The van der Waals surface area contributed by atoms with Gasteiger partial charge in [0.15, 0.2) is 0 Å². The molecule has 0 unspecified atom stereocenters. The zero-order valence-electron chi connectivity index (χ0n) is 3.81. The molecule has 31 valence electrons. The predicted molar refractivity (Wildman–Crippen MR) is 27.2 cm³/mol. The summed E-state index contributed by atoms with van der Waals surface area (Å²) in [6, 6.07) is 0. The Balaban J connectivity index is 3.33. The minimum Gasteiger partial charge on any atom is -0.120 e.